The van der Waals surface area contributed by atoms with E-state index in [9.17, 15) is 13.2 Å². The van der Waals surface area contributed by atoms with Crippen LogP contribution in [0.15, 0.2) is 53.4 Å². The fourth-order valence-electron chi connectivity index (χ4n) is 1.50. The van der Waals surface area contributed by atoms with Gasteiger partial charge in [0.25, 0.3) is 0 Å². The molecule has 17 heavy (non-hydrogen) atoms. The molecule has 4 heteroatoms. The van der Waals surface area contributed by atoms with Crippen LogP contribution in [0, 0.1) is 0 Å². The molecule has 2 aromatic rings. The maximum Gasteiger partial charge on any atom is 0.416 e. The van der Waals surface area contributed by atoms with Crippen molar-refractivity contribution < 1.29 is 13.2 Å². The van der Waals surface area contributed by atoms with Crippen LogP contribution in [0.25, 0.3) is 11.1 Å². The molecular formula is C13H8F3S. The summed E-state index contributed by atoms with van der Waals surface area (Å²) in [4.78, 5) is 0.709. The molecule has 87 valence electrons. The molecule has 0 spiro atoms. The van der Waals surface area contributed by atoms with Gasteiger partial charge in [-0.3, -0.25) is 0 Å². The highest BCUT2D eigenvalue weighted by Gasteiger charge is 2.29. The summed E-state index contributed by atoms with van der Waals surface area (Å²) in [6.45, 7) is 0. The highest BCUT2D eigenvalue weighted by atomic mass is 32.1. The predicted octanol–water partition coefficient (Wildman–Crippen LogP) is 4.93. The zero-order chi connectivity index (χ0) is 12.5. The maximum atomic E-state index is 12.4. The lowest BCUT2D eigenvalue weighted by atomic mass is 10.0. The number of benzene rings is 2. The third-order valence-corrected chi connectivity index (χ3v) is 2.67. The van der Waals surface area contributed by atoms with Crippen LogP contribution in [-0.4, -0.2) is 0 Å². The summed E-state index contributed by atoms with van der Waals surface area (Å²) in [7, 11) is 0. The zero-order valence-electron chi connectivity index (χ0n) is 8.66. The van der Waals surface area contributed by atoms with E-state index < -0.39 is 11.7 Å². The Morgan fingerprint density at radius 2 is 1.12 bits per heavy atom. The molecule has 0 aliphatic rings. The molecule has 1 radical (unpaired) electrons. The molecule has 0 atom stereocenters. The van der Waals surface area contributed by atoms with Gasteiger partial charge in [0.2, 0.25) is 0 Å². The van der Waals surface area contributed by atoms with Gasteiger partial charge in [-0.2, -0.15) is 13.2 Å². The highest BCUT2D eigenvalue weighted by Crippen LogP contribution is 2.31. The van der Waals surface area contributed by atoms with Gasteiger partial charge in [0.15, 0.2) is 0 Å². The molecule has 0 heterocycles. The second kappa shape index (κ2) is 4.37. The Kier molecular flexibility index (Phi) is 3.07. The first kappa shape index (κ1) is 11.9. The first-order chi connectivity index (χ1) is 7.97. The molecule has 2 rings (SSSR count). The number of alkyl halides is 3. The standard InChI is InChI=1S/C13H8F3S/c14-13(15,16)11-5-1-9(2-6-11)10-3-7-12(17)8-4-10/h1-8H. The van der Waals surface area contributed by atoms with Gasteiger partial charge in [-0.1, -0.05) is 36.9 Å². The van der Waals surface area contributed by atoms with Crippen molar-refractivity contribution in [3.05, 3.63) is 54.1 Å². The molecule has 0 aliphatic carbocycles. The molecular weight excluding hydrogens is 245 g/mol. The average molecular weight is 253 g/mol. The zero-order valence-corrected chi connectivity index (χ0v) is 9.48. The highest BCUT2D eigenvalue weighted by molar-refractivity contribution is 7.80. The first-order valence-corrected chi connectivity index (χ1v) is 5.32. The van der Waals surface area contributed by atoms with E-state index in [4.69, 9.17) is 12.6 Å². The Balaban J connectivity index is 2.33. The fraction of sp³-hybridized carbons (Fsp3) is 0.0769. The molecule has 0 amide bonds. The molecule has 0 nitrogen and oxygen atoms in total. The van der Waals surface area contributed by atoms with Crippen molar-refractivity contribution in [3.63, 3.8) is 0 Å². The minimum Gasteiger partial charge on any atom is -0.166 e. The van der Waals surface area contributed by atoms with E-state index in [1.165, 1.54) is 12.1 Å². The van der Waals surface area contributed by atoms with Crippen molar-refractivity contribution in [2.24, 2.45) is 0 Å². The summed E-state index contributed by atoms with van der Waals surface area (Å²) in [5.41, 5.74) is 0.960. The molecule has 0 aliphatic heterocycles. The van der Waals surface area contributed by atoms with E-state index in [1.807, 2.05) is 0 Å². The minimum absolute atomic E-state index is 0.638. The van der Waals surface area contributed by atoms with Crippen molar-refractivity contribution >= 4 is 12.6 Å². The van der Waals surface area contributed by atoms with Gasteiger partial charge >= 0.3 is 6.18 Å². The van der Waals surface area contributed by atoms with Gasteiger partial charge < -0.3 is 0 Å². The van der Waals surface area contributed by atoms with Crippen LogP contribution in [0.2, 0.25) is 0 Å². The Morgan fingerprint density at radius 3 is 1.53 bits per heavy atom. The monoisotopic (exact) mass is 253 g/mol. The second-order valence-corrected chi connectivity index (χ2v) is 4.07. The molecule has 0 unspecified atom stereocenters. The van der Waals surface area contributed by atoms with Gasteiger partial charge in [-0.15, -0.1) is 0 Å². The van der Waals surface area contributed by atoms with Gasteiger partial charge in [0.1, 0.15) is 0 Å². The fourth-order valence-corrected chi connectivity index (χ4v) is 1.64. The molecule has 0 N–H and O–H groups in total. The molecule has 2 aromatic carbocycles. The summed E-state index contributed by atoms with van der Waals surface area (Å²) in [6, 6.07) is 12.2. The maximum absolute atomic E-state index is 12.4. The lowest BCUT2D eigenvalue weighted by molar-refractivity contribution is -0.137. The van der Waals surface area contributed by atoms with Crippen molar-refractivity contribution in [1.29, 1.82) is 0 Å². The van der Waals surface area contributed by atoms with Gasteiger partial charge in [-0.25, -0.2) is 0 Å². The average Bonchev–Trinajstić information content (AvgIpc) is 2.29. The van der Waals surface area contributed by atoms with E-state index in [0.717, 1.165) is 23.3 Å². The summed E-state index contributed by atoms with van der Waals surface area (Å²) in [5.74, 6) is 0. The third-order valence-electron chi connectivity index (χ3n) is 2.40. The smallest absolute Gasteiger partial charge is 0.166 e. The van der Waals surface area contributed by atoms with Crippen molar-refractivity contribution in [2.75, 3.05) is 0 Å². The molecule has 0 bridgehead atoms. The lowest BCUT2D eigenvalue weighted by Gasteiger charge is -2.07. The summed E-state index contributed by atoms with van der Waals surface area (Å²) >= 11 is 4.94. The number of halogens is 3. The van der Waals surface area contributed by atoms with Crippen LogP contribution in [0.3, 0.4) is 0 Å². The third kappa shape index (κ3) is 2.77. The molecule has 0 fully saturated rings. The Hall–Kier alpha value is -1.55. The minimum atomic E-state index is -4.29. The second-order valence-electron chi connectivity index (χ2n) is 3.60. The summed E-state index contributed by atoms with van der Waals surface area (Å²) in [5, 5.41) is 0. The number of hydrogen-bond donors (Lipinski definition) is 0. The first-order valence-electron chi connectivity index (χ1n) is 4.91. The summed E-state index contributed by atoms with van der Waals surface area (Å²) < 4.78 is 37.1. The van der Waals surface area contributed by atoms with E-state index in [2.05, 4.69) is 0 Å². The SMILES string of the molecule is FC(F)(F)c1ccc(-c2ccc([S])cc2)cc1. The van der Waals surface area contributed by atoms with Crippen LogP contribution in [0.4, 0.5) is 13.2 Å². The van der Waals surface area contributed by atoms with Crippen molar-refractivity contribution in [3.8, 4) is 11.1 Å². The summed E-state index contributed by atoms with van der Waals surface area (Å²) in [6.07, 6.45) is -4.29. The topological polar surface area (TPSA) is 0 Å². The Morgan fingerprint density at radius 1 is 0.706 bits per heavy atom. The van der Waals surface area contributed by atoms with E-state index >= 15 is 0 Å². The Labute approximate surface area is 103 Å². The lowest BCUT2D eigenvalue weighted by Crippen LogP contribution is -2.03. The molecule has 0 aromatic heterocycles. The molecule has 0 saturated heterocycles. The quantitative estimate of drug-likeness (QED) is 0.676. The van der Waals surface area contributed by atoms with E-state index in [0.29, 0.717) is 4.90 Å². The van der Waals surface area contributed by atoms with Gasteiger partial charge in [0, 0.05) is 4.90 Å². The van der Waals surface area contributed by atoms with Crippen molar-refractivity contribution in [1.82, 2.24) is 0 Å². The Bertz CT molecular complexity index is 498. The van der Waals surface area contributed by atoms with Crippen LogP contribution < -0.4 is 0 Å². The van der Waals surface area contributed by atoms with Gasteiger partial charge in [0.05, 0.1) is 5.56 Å². The predicted molar refractivity (Wildman–Crippen MR) is 62.7 cm³/mol. The van der Waals surface area contributed by atoms with Crippen LogP contribution >= 0.6 is 12.6 Å². The van der Waals surface area contributed by atoms with Crippen LogP contribution in [0.1, 0.15) is 5.56 Å². The normalized spacial score (nSPS) is 11.5. The van der Waals surface area contributed by atoms with Gasteiger partial charge in [-0.05, 0) is 35.4 Å². The number of rotatable bonds is 1. The van der Waals surface area contributed by atoms with E-state index in [1.54, 1.807) is 24.3 Å². The van der Waals surface area contributed by atoms with Crippen LogP contribution in [0.5, 0.6) is 0 Å². The van der Waals surface area contributed by atoms with Crippen molar-refractivity contribution in [2.45, 2.75) is 11.1 Å². The number of hydrogen-bond acceptors (Lipinski definition) is 0. The largest absolute Gasteiger partial charge is 0.416 e. The van der Waals surface area contributed by atoms with Crippen LogP contribution in [-0.2, 0) is 6.18 Å². The molecule has 0 saturated carbocycles. The van der Waals surface area contributed by atoms with E-state index in [-0.39, 0.29) is 0 Å².